The smallest absolute Gasteiger partial charge is 0.0577 e. The Morgan fingerprint density at radius 1 is 1.36 bits per heavy atom. The van der Waals surface area contributed by atoms with Gasteiger partial charge in [-0.1, -0.05) is 0 Å². The lowest BCUT2D eigenvalue weighted by atomic mass is 10.1. The molecule has 0 radical (unpaired) electrons. The standard InChI is InChI=1S/C11H19N3/c1-5-14(11(2,3)4)10-6-9(12)7-13-8-10/h6-8H,5,12H2,1-4H3. The van der Waals surface area contributed by atoms with Gasteiger partial charge in [0.2, 0.25) is 0 Å². The van der Waals surface area contributed by atoms with E-state index in [1.54, 1.807) is 6.20 Å². The molecule has 1 rings (SSSR count). The van der Waals surface area contributed by atoms with Crippen LogP contribution in [0, 0.1) is 0 Å². The SMILES string of the molecule is CCN(c1cncc(N)c1)C(C)(C)C. The lowest BCUT2D eigenvalue weighted by molar-refractivity contribution is 0.513. The number of hydrogen-bond donors (Lipinski definition) is 1. The first-order chi connectivity index (χ1) is 6.45. The Bertz CT molecular complexity index is 302. The van der Waals surface area contributed by atoms with E-state index in [9.17, 15) is 0 Å². The van der Waals surface area contributed by atoms with E-state index in [2.05, 4.69) is 37.6 Å². The number of nitrogens with zero attached hydrogens (tertiary/aromatic N) is 2. The van der Waals surface area contributed by atoms with Gasteiger partial charge in [-0.05, 0) is 33.8 Å². The highest BCUT2D eigenvalue weighted by Crippen LogP contribution is 2.23. The zero-order chi connectivity index (χ0) is 10.8. The Balaban J connectivity index is 3.01. The highest BCUT2D eigenvalue weighted by molar-refractivity contribution is 5.54. The van der Waals surface area contributed by atoms with E-state index in [-0.39, 0.29) is 5.54 Å². The molecule has 78 valence electrons. The molecule has 0 atom stereocenters. The lowest BCUT2D eigenvalue weighted by Crippen LogP contribution is -2.41. The van der Waals surface area contributed by atoms with Crippen molar-refractivity contribution >= 4 is 11.4 Å². The molecule has 1 heterocycles. The van der Waals surface area contributed by atoms with E-state index in [0.717, 1.165) is 12.2 Å². The maximum Gasteiger partial charge on any atom is 0.0577 e. The zero-order valence-electron chi connectivity index (χ0n) is 9.41. The lowest BCUT2D eigenvalue weighted by Gasteiger charge is -2.36. The summed E-state index contributed by atoms with van der Waals surface area (Å²) >= 11 is 0. The number of nitrogen functional groups attached to an aromatic ring is 1. The van der Waals surface area contributed by atoms with Crippen LogP contribution >= 0.6 is 0 Å². The molecule has 3 nitrogen and oxygen atoms in total. The number of hydrogen-bond acceptors (Lipinski definition) is 3. The second kappa shape index (κ2) is 3.86. The van der Waals surface area contributed by atoms with Gasteiger partial charge < -0.3 is 10.6 Å². The van der Waals surface area contributed by atoms with Crippen molar-refractivity contribution in [1.82, 2.24) is 4.98 Å². The molecule has 1 aromatic rings. The summed E-state index contributed by atoms with van der Waals surface area (Å²) in [5.74, 6) is 0. The van der Waals surface area contributed by atoms with Gasteiger partial charge in [0, 0.05) is 18.3 Å². The fourth-order valence-electron chi connectivity index (χ4n) is 1.64. The third-order valence-corrected chi connectivity index (χ3v) is 2.18. The average molecular weight is 193 g/mol. The quantitative estimate of drug-likeness (QED) is 0.783. The van der Waals surface area contributed by atoms with Crippen molar-refractivity contribution in [3.63, 3.8) is 0 Å². The molecule has 0 aliphatic carbocycles. The molecule has 14 heavy (non-hydrogen) atoms. The van der Waals surface area contributed by atoms with E-state index in [1.165, 1.54) is 0 Å². The van der Waals surface area contributed by atoms with Gasteiger partial charge in [0.05, 0.1) is 17.6 Å². The van der Waals surface area contributed by atoms with Crippen molar-refractivity contribution in [2.24, 2.45) is 0 Å². The van der Waals surface area contributed by atoms with E-state index in [4.69, 9.17) is 5.73 Å². The maximum atomic E-state index is 5.71. The third-order valence-electron chi connectivity index (χ3n) is 2.18. The van der Waals surface area contributed by atoms with Gasteiger partial charge >= 0.3 is 0 Å². The van der Waals surface area contributed by atoms with Crippen LogP contribution in [-0.2, 0) is 0 Å². The molecule has 0 saturated carbocycles. The molecule has 0 spiro atoms. The predicted octanol–water partition coefficient (Wildman–Crippen LogP) is 2.29. The first kappa shape index (κ1) is 10.8. The molecule has 0 amide bonds. The molecule has 2 N–H and O–H groups in total. The van der Waals surface area contributed by atoms with Gasteiger partial charge in [0.1, 0.15) is 0 Å². The van der Waals surface area contributed by atoms with Crippen LogP contribution in [0.1, 0.15) is 27.7 Å². The summed E-state index contributed by atoms with van der Waals surface area (Å²) < 4.78 is 0. The minimum Gasteiger partial charge on any atom is -0.397 e. The fraction of sp³-hybridized carbons (Fsp3) is 0.545. The van der Waals surface area contributed by atoms with Crippen molar-refractivity contribution in [3.05, 3.63) is 18.5 Å². The van der Waals surface area contributed by atoms with Crippen molar-refractivity contribution in [1.29, 1.82) is 0 Å². The molecule has 3 heteroatoms. The molecule has 0 aliphatic heterocycles. The van der Waals surface area contributed by atoms with Crippen molar-refractivity contribution in [3.8, 4) is 0 Å². The maximum absolute atomic E-state index is 5.71. The van der Waals surface area contributed by atoms with Gasteiger partial charge in [-0.25, -0.2) is 0 Å². The zero-order valence-corrected chi connectivity index (χ0v) is 9.41. The molecule has 0 saturated heterocycles. The summed E-state index contributed by atoms with van der Waals surface area (Å²) in [6, 6.07) is 1.96. The summed E-state index contributed by atoms with van der Waals surface area (Å²) in [6.07, 6.45) is 3.52. The number of aromatic nitrogens is 1. The summed E-state index contributed by atoms with van der Waals surface area (Å²) in [6.45, 7) is 9.63. The van der Waals surface area contributed by atoms with E-state index >= 15 is 0 Å². The number of rotatable bonds is 2. The Morgan fingerprint density at radius 3 is 2.43 bits per heavy atom. The molecule has 0 aromatic carbocycles. The number of nitrogens with two attached hydrogens (primary N) is 1. The van der Waals surface area contributed by atoms with Gasteiger partial charge in [0.25, 0.3) is 0 Å². The Labute approximate surface area is 85.9 Å². The molecular formula is C11H19N3. The largest absolute Gasteiger partial charge is 0.397 e. The molecule has 1 aromatic heterocycles. The minimum absolute atomic E-state index is 0.101. The second-order valence-corrected chi connectivity index (χ2v) is 4.39. The fourth-order valence-corrected chi connectivity index (χ4v) is 1.64. The van der Waals surface area contributed by atoms with Crippen molar-refractivity contribution in [2.75, 3.05) is 17.2 Å². The highest BCUT2D eigenvalue weighted by Gasteiger charge is 2.20. The van der Waals surface area contributed by atoms with Gasteiger partial charge in [-0.15, -0.1) is 0 Å². The molecular weight excluding hydrogens is 174 g/mol. The summed E-state index contributed by atoms with van der Waals surface area (Å²) in [5.41, 5.74) is 7.60. The average Bonchev–Trinajstić information content (AvgIpc) is 2.02. The summed E-state index contributed by atoms with van der Waals surface area (Å²) in [7, 11) is 0. The van der Waals surface area contributed by atoms with Crippen LogP contribution in [0.15, 0.2) is 18.5 Å². The number of pyridine rings is 1. The van der Waals surface area contributed by atoms with E-state index in [0.29, 0.717) is 5.69 Å². The van der Waals surface area contributed by atoms with Gasteiger partial charge in [0.15, 0.2) is 0 Å². The third kappa shape index (κ3) is 2.37. The van der Waals surface area contributed by atoms with Crippen LogP contribution in [0.25, 0.3) is 0 Å². The molecule has 0 aliphatic rings. The Morgan fingerprint density at radius 2 is 2.00 bits per heavy atom. The normalized spacial score (nSPS) is 11.4. The van der Waals surface area contributed by atoms with Crippen LogP contribution in [0.2, 0.25) is 0 Å². The predicted molar refractivity (Wildman–Crippen MR) is 61.4 cm³/mol. The van der Waals surface area contributed by atoms with E-state index in [1.807, 2.05) is 12.3 Å². The highest BCUT2D eigenvalue weighted by atomic mass is 15.2. The van der Waals surface area contributed by atoms with Crippen molar-refractivity contribution < 1.29 is 0 Å². The minimum atomic E-state index is 0.101. The monoisotopic (exact) mass is 193 g/mol. The first-order valence-corrected chi connectivity index (χ1v) is 4.93. The van der Waals surface area contributed by atoms with Crippen LogP contribution in [0.5, 0.6) is 0 Å². The van der Waals surface area contributed by atoms with Crippen LogP contribution < -0.4 is 10.6 Å². The second-order valence-electron chi connectivity index (χ2n) is 4.39. The van der Waals surface area contributed by atoms with Crippen LogP contribution in [-0.4, -0.2) is 17.1 Å². The summed E-state index contributed by atoms with van der Waals surface area (Å²) in [4.78, 5) is 6.37. The molecule has 0 fully saturated rings. The van der Waals surface area contributed by atoms with Gasteiger partial charge in [-0.2, -0.15) is 0 Å². The molecule has 0 bridgehead atoms. The molecule has 0 unspecified atom stereocenters. The van der Waals surface area contributed by atoms with Crippen LogP contribution in [0.4, 0.5) is 11.4 Å². The first-order valence-electron chi connectivity index (χ1n) is 4.93. The van der Waals surface area contributed by atoms with E-state index < -0.39 is 0 Å². The Kier molecular flexibility index (Phi) is 2.99. The Hall–Kier alpha value is -1.25. The number of anilines is 2. The van der Waals surface area contributed by atoms with Gasteiger partial charge in [-0.3, -0.25) is 4.98 Å². The topological polar surface area (TPSA) is 42.2 Å². The summed E-state index contributed by atoms with van der Waals surface area (Å²) in [5, 5.41) is 0. The van der Waals surface area contributed by atoms with Crippen molar-refractivity contribution in [2.45, 2.75) is 33.2 Å². The van der Waals surface area contributed by atoms with Crippen LogP contribution in [0.3, 0.4) is 0 Å².